The molecular weight excluding hydrogens is 332 g/mol. The van der Waals surface area contributed by atoms with Crippen molar-refractivity contribution in [3.8, 4) is 5.75 Å². The first-order chi connectivity index (χ1) is 10.2. The smallest absolute Gasteiger partial charge is 0.170 e. The number of fused-ring (bicyclic) bond motifs is 1. The summed E-state index contributed by atoms with van der Waals surface area (Å²) in [6, 6.07) is 11.6. The topological polar surface area (TPSA) is 43.6 Å². The molecule has 21 heavy (non-hydrogen) atoms. The molecule has 0 amide bonds. The molecule has 5 heteroatoms. The highest BCUT2D eigenvalue weighted by Gasteiger charge is 2.11. The number of aromatic nitrogens is 2. The van der Waals surface area contributed by atoms with E-state index in [-0.39, 0.29) is 0 Å². The second-order valence-electron chi connectivity index (χ2n) is 4.74. The Bertz CT molecular complexity index is 811. The van der Waals surface area contributed by atoms with Crippen molar-refractivity contribution in [2.45, 2.75) is 13.5 Å². The number of ether oxygens (including phenoxy) is 1. The number of benzene rings is 1. The van der Waals surface area contributed by atoms with E-state index >= 15 is 0 Å². The Labute approximate surface area is 130 Å². The molecule has 106 valence electrons. The average Bonchev–Trinajstić information content (AvgIpc) is 2.82. The molecule has 1 aromatic carbocycles. The summed E-state index contributed by atoms with van der Waals surface area (Å²) >= 11 is 3.43. The van der Waals surface area contributed by atoms with Gasteiger partial charge >= 0.3 is 0 Å². The summed E-state index contributed by atoms with van der Waals surface area (Å²) in [6.45, 7) is 2.31. The molecule has 2 heterocycles. The molecule has 0 bridgehead atoms. The van der Waals surface area contributed by atoms with Gasteiger partial charge in [-0.1, -0.05) is 12.1 Å². The van der Waals surface area contributed by atoms with Crippen LogP contribution in [0.25, 0.3) is 5.52 Å². The molecule has 0 aliphatic rings. The zero-order valence-electron chi connectivity index (χ0n) is 11.4. The van der Waals surface area contributed by atoms with Crippen molar-refractivity contribution in [1.82, 2.24) is 9.38 Å². The van der Waals surface area contributed by atoms with Crippen molar-refractivity contribution >= 4 is 27.7 Å². The normalized spacial score (nSPS) is 10.8. The van der Waals surface area contributed by atoms with Crippen LogP contribution in [0.3, 0.4) is 0 Å². The third-order valence-electron chi connectivity index (χ3n) is 3.17. The molecule has 0 spiro atoms. The third kappa shape index (κ3) is 2.83. The van der Waals surface area contributed by atoms with E-state index in [1.54, 1.807) is 0 Å². The van der Waals surface area contributed by atoms with Crippen LogP contribution in [0.2, 0.25) is 0 Å². The van der Waals surface area contributed by atoms with Crippen LogP contribution in [-0.4, -0.2) is 15.7 Å². The van der Waals surface area contributed by atoms with E-state index in [0.717, 1.165) is 27.6 Å². The molecule has 3 aromatic rings. The minimum absolute atomic E-state index is 0.301. The first-order valence-electron chi connectivity index (χ1n) is 6.48. The van der Waals surface area contributed by atoms with Crippen molar-refractivity contribution in [2.24, 2.45) is 0 Å². The van der Waals surface area contributed by atoms with Crippen LogP contribution in [0, 0.1) is 6.92 Å². The molecule has 0 saturated carbocycles. The second-order valence-corrected chi connectivity index (χ2v) is 5.65. The van der Waals surface area contributed by atoms with Gasteiger partial charge in [0.15, 0.2) is 12.1 Å². The van der Waals surface area contributed by atoms with Gasteiger partial charge in [-0.2, -0.15) is 0 Å². The van der Waals surface area contributed by atoms with E-state index in [4.69, 9.17) is 4.74 Å². The van der Waals surface area contributed by atoms with Crippen molar-refractivity contribution in [1.29, 1.82) is 0 Å². The Morgan fingerprint density at radius 3 is 2.95 bits per heavy atom. The fourth-order valence-corrected chi connectivity index (χ4v) is 2.53. The molecule has 3 rings (SSSR count). The number of nitrogens with zero attached hydrogens (tertiary/aromatic N) is 2. The first kappa shape index (κ1) is 13.8. The van der Waals surface area contributed by atoms with Gasteiger partial charge in [0.05, 0.1) is 5.52 Å². The molecule has 0 aliphatic carbocycles. The molecule has 0 atom stereocenters. The lowest BCUT2D eigenvalue weighted by Gasteiger charge is -2.06. The summed E-state index contributed by atoms with van der Waals surface area (Å²) in [6.07, 6.45) is 2.64. The quantitative estimate of drug-likeness (QED) is 0.676. The van der Waals surface area contributed by atoms with Crippen LogP contribution in [-0.2, 0) is 6.61 Å². The third-order valence-corrected chi connectivity index (χ3v) is 3.64. The van der Waals surface area contributed by atoms with E-state index < -0.39 is 0 Å². The van der Waals surface area contributed by atoms with Crippen molar-refractivity contribution in [3.05, 3.63) is 64.1 Å². The maximum Gasteiger partial charge on any atom is 0.170 e. The SMILES string of the molecule is Cc1cccc(OCc2nc(C=O)c3ccc(Br)cn23)c1. The fourth-order valence-electron chi connectivity index (χ4n) is 2.19. The summed E-state index contributed by atoms with van der Waals surface area (Å²) in [5.74, 6) is 1.48. The zero-order chi connectivity index (χ0) is 14.8. The maximum absolute atomic E-state index is 11.1. The highest BCUT2D eigenvalue weighted by molar-refractivity contribution is 9.10. The van der Waals surface area contributed by atoms with Crippen LogP contribution in [0.15, 0.2) is 47.1 Å². The lowest BCUT2D eigenvalue weighted by atomic mass is 10.2. The van der Waals surface area contributed by atoms with Crippen LogP contribution < -0.4 is 4.74 Å². The Morgan fingerprint density at radius 2 is 2.19 bits per heavy atom. The monoisotopic (exact) mass is 344 g/mol. The van der Waals surface area contributed by atoms with Crippen molar-refractivity contribution in [3.63, 3.8) is 0 Å². The Hall–Kier alpha value is -2.14. The van der Waals surface area contributed by atoms with Gasteiger partial charge in [0, 0.05) is 10.7 Å². The van der Waals surface area contributed by atoms with Crippen molar-refractivity contribution < 1.29 is 9.53 Å². The number of aldehydes is 1. The highest BCUT2D eigenvalue weighted by atomic mass is 79.9. The molecule has 0 unspecified atom stereocenters. The average molecular weight is 345 g/mol. The Morgan fingerprint density at radius 1 is 1.33 bits per heavy atom. The van der Waals surface area contributed by atoms with Gasteiger partial charge in [0.1, 0.15) is 18.1 Å². The number of hydrogen-bond donors (Lipinski definition) is 0. The lowest BCUT2D eigenvalue weighted by molar-refractivity contribution is 0.112. The van der Waals surface area contributed by atoms with Crippen LogP contribution in [0.5, 0.6) is 5.75 Å². The van der Waals surface area contributed by atoms with E-state index in [1.165, 1.54) is 0 Å². The van der Waals surface area contributed by atoms with Gasteiger partial charge in [0.2, 0.25) is 0 Å². The minimum atomic E-state index is 0.301. The van der Waals surface area contributed by atoms with E-state index in [0.29, 0.717) is 18.1 Å². The molecule has 0 saturated heterocycles. The lowest BCUT2D eigenvalue weighted by Crippen LogP contribution is -2.01. The number of rotatable bonds is 4. The predicted molar refractivity (Wildman–Crippen MR) is 83.8 cm³/mol. The van der Waals surface area contributed by atoms with Gasteiger partial charge < -0.3 is 4.74 Å². The van der Waals surface area contributed by atoms with E-state index in [1.807, 2.05) is 53.9 Å². The van der Waals surface area contributed by atoms with Crippen molar-refractivity contribution in [2.75, 3.05) is 0 Å². The standard InChI is InChI=1S/C16H13BrN2O2/c1-11-3-2-4-13(7-11)21-10-16-18-14(9-20)15-6-5-12(17)8-19(15)16/h2-9H,10H2,1H3. The second kappa shape index (κ2) is 5.69. The van der Waals surface area contributed by atoms with Crippen LogP contribution in [0.1, 0.15) is 21.9 Å². The number of carbonyl (C=O) groups is 1. The predicted octanol–water partition coefficient (Wildman–Crippen LogP) is 3.80. The molecule has 0 fully saturated rings. The van der Waals surface area contributed by atoms with Gasteiger partial charge in [-0.3, -0.25) is 9.20 Å². The fraction of sp³-hybridized carbons (Fsp3) is 0.125. The van der Waals surface area contributed by atoms with Gasteiger partial charge in [-0.05, 0) is 52.7 Å². The van der Waals surface area contributed by atoms with Crippen LogP contribution in [0.4, 0.5) is 0 Å². The van der Waals surface area contributed by atoms with E-state index in [2.05, 4.69) is 20.9 Å². The summed E-state index contributed by atoms with van der Waals surface area (Å²) in [5, 5.41) is 0. The maximum atomic E-state index is 11.1. The molecule has 2 aromatic heterocycles. The first-order valence-corrected chi connectivity index (χ1v) is 7.28. The number of carbonyl (C=O) groups excluding carboxylic acids is 1. The molecule has 0 N–H and O–H groups in total. The number of halogens is 1. The molecule has 4 nitrogen and oxygen atoms in total. The highest BCUT2D eigenvalue weighted by Crippen LogP contribution is 2.19. The number of imidazole rings is 1. The van der Waals surface area contributed by atoms with Gasteiger partial charge in [-0.15, -0.1) is 0 Å². The number of pyridine rings is 1. The number of aryl methyl sites for hydroxylation is 1. The summed E-state index contributed by atoms with van der Waals surface area (Å²) in [5.41, 5.74) is 2.33. The van der Waals surface area contributed by atoms with Gasteiger partial charge in [0.25, 0.3) is 0 Å². The molecule has 0 aliphatic heterocycles. The molecule has 0 radical (unpaired) electrons. The Kier molecular flexibility index (Phi) is 3.75. The minimum Gasteiger partial charge on any atom is -0.486 e. The largest absolute Gasteiger partial charge is 0.486 e. The zero-order valence-corrected chi connectivity index (χ0v) is 13.0. The van der Waals surface area contributed by atoms with Gasteiger partial charge in [-0.25, -0.2) is 4.98 Å². The summed E-state index contributed by atoms with van der Waals surface area (Å²) in [4.78, 5) is 15.4. The molecular formula is C16H13BrN2O2. The summed E-state index contributed by atoms with van der Waals surface area (Å²) < 4.78 is 8.55. The Balaban J connectivity index is 1.93. The number of hydrogen-bond acceptors (Lipinski definition) is 3. The van der Waals surface area contributed by atoms with Crippen LogP contribution >= 0.6 is 15.9 Å². The summed E-state index contributed by atoms with van der Waals surface area (Å²) in [7, 11) is 0. The van der Waals surface area contributed by atoms with E-state index in [9.17, 15) is 4.79 Å².